The van der Waals surface area contributed by atoms with Gasteiger partial charge >= 0.3 is 0 Å². The number of hydrogen-bond donors (Lipinski definition) is 2. The van der Waals surface area contributed by atoms with Crippen LogP contribution >= 0.6 is 0 Å². The molecule has 6 nitrogen and oxygen atoms in total. The molecule has 0 fully saturated rings. The van der Waals surface area contributed by atoms with E-state index in [1.807, 2.05) is 14.0 Å². The molecule has 0 aromatic carbocycles. The molecule has 0 spiro atoms. The van der Waals surface area contributed by atoms with Crippen molar-refractivity contribution in [2.24, 2.45) is 0 Å². The molecule has 2 N–H and O–H groups in total. The van der Waals surface area contributed by atoms with Crippen LogP contribution in [-0.4, -0.2) is 61.8 Å². The molecule has 20 heavy (non-hydrogen) atoms. The molecule has 1 rings (SSSR count). The number of nitrogens with one attached hydrogen (secondary N) is 2. The first-order valence-electron chi connectivity index (χ1n) is 6.85. The molecular formula is C13H24FN5O. The maximum absolute atomic E-state index is 13.6. The van der Waals surface area contributed by atoms with Crippen molar-refractivity contribution in [2.45, 2.75) is 13.3 Å². The molecule has 1 aromatic heterocycles. The standard InChI is InChI=1S/C13H24FN5O/c1-4-5-16-13-17-10-11(14)12(18-13)15-6-7-19(2)8-9-20-3/h10H,4-9H2,1-3H3,(H2,15,16,17,18). The lowest BCUT2D eigenvalue weighted by molar-refractivity contribution is 0.163. The third-order valence-electron chi connectivity index (χ3n) is 2.74. The van der Waals surface area contributed by atoms with E-state index in [9.17, 15) is 4.39 Å². The van der Waals surface area contributed by atoms with Crippen LogP contribution in [0.25, 0.3) is 0 Å². The summed E-state index contributed by atoms with van der Waals surface area (Å²) in [5.74, 6) is 0.244. The maximum atomic E-state index is 13.6. The number of aromatic nitrogens is 2. The van der Waals surface area contributed by atoms with Gasteiger partial charge in [0.15, 0.2) is 11.6 Å². The molecule has 0 aliphatic rings. The predicted octanol–water partition coefficient (Wildman–Crippen LogP) is 1.43. The van der Waals surface area contributed by atoms with Crippen LogP contribution in [0.1, 0.15) is 13.3 Å². The topological polar surface area (TPSA) is 62.3 Å². The lowest BCUT2D eigenvalue weighted by Gasteiger charge is -2.16. The SMILES string of the molecule is CCCNc1ncc(F)c(NCCN(C)CCOC)n1. The van der Waals surface area contributed by atoms with Crippen LogP contribution in [-0.2, 0) is 4.74 Å². The van der Waals surface area contributed by atoms with Crippen LogP contribution in [0.2, 0.25) is 0 Å². The Morgan fingerprint density at radius 1 is 1.30 bits per heavy atom. The van der Waals surface area contributed by atoms with Crippen molar-refractivity contribution in [1.29, 1.82) is 0 Å². The van der Waals surface area contributed by atoms with Crippen molar-refractivity contribution in [3.05, 3.63) is 12.0 Å². The number of likely N-dealkylation sites (N-methyl/N-ethyl adjacent to an activating group) is 1. The van der Waals surface area contributed by atoms with E-state index in [-0.39, 0.29) is 5.82 Å². The average Bonchev–Trinajstić information content (AvgIpc) is 2.45. The van der Waals surface area contributed by atoms with Gasteiger partial charge in [0, 0.05) is 33.3 Å². The first kappa shape index (κ1) is 16.6. The highest BCUT2D eigenvalue weighted by Crippen LogP contribution is 2.11. The van der Waals surface area contributed by atoms with Gasteiger partial charge in [-0.25, -0.2) is 9.37 Å². The molecule has 114 valence electrons. The molecule has 0 aliphatic heterocycles. The zero-order chi connectivity index (χ0) is 14.8. The molecule has 0 atom stereocenters. The van der Waals surface area contributed by atoms with Crippen LogP contribution in [0, 0.1) is 5.82 Å². The summed E-state index contributed by atoms with van der Waals surface area (Å²) in [5, 5.41) is 6.02. The molecule has 0 radical (unpaired) electrons. The number of rotatable bonds is 10. The van der Waals surface area contributed by atoms with E-state index in [0.29, 0.717) is 19.1 Å². The molecular weight excluding hydrogens is 261 g/mol. The van der Waals surface area contributed by atoms with Crippen molar-refractivity contribution in [2.75, 3.05) is 57.6 Å². The second-order valence-corrected chi connectivity index (χ2v) is 4.54. The Hall–Kier alpha value is -1.47. The maximum Gasteiger partial charge on any atom is 0.224 e. The van der Waals surface area contributed by atoms with Crippen LogP contribution in [0.4, 0.5) is 16.2 Å². The molecule has 1 heterocycles. The third-order valence-corrected chi connectivity index (χ3v) is 2.74. The molecule has 0 saturated carbocycles. The summed E-state index contributed by atoms with van der Waals surface area (Å²) in [4.78, 5) is 10.1. The van der Waals surface area contributed by atoms with Gasteiger partial charge in [-0.1, -0.05) is 6.92 Å². The molecule has 1 aromatic rings. The van der Waals surface area contributed by atoms with Crippen molar-refractivity contribution in [3.63, 3.8) is 0 Å². The lowest BCUT2D eigenvalue weighted by Crippen LogP contribution is -2.28. The number of methoxy groups -OCH3 is 1. The minimum atomic E-state index is -0.438. The van der Waals surface area contributed by atoms with E-state index in [0.717, 1.165) is 26.1 Å². The highest BCUT2D eigenvalue weighted by Gasteiger charge is 2.06. The van der Waals surface area contributed by atoms with Crippen molar-refractivity contribution >= 4 is 11.8 Å². The van der Waals surface area contributed by atoms with Gasteiger partial charge in [-0.3, -0.25) is 0 Å². The van der Waals surface area contributed by atoms with Gasteiger partial charge in [0.25, 0.3) is 0 Å². The average molecular weight is 285 g/mol. The Kier molecular flexibility index (Phi) is 7.82. The fourth-order valence-electron chi connectivity index (χ4n) is 1.54. The van der Waals surface area contributed by atoms with Crippen LogP contribution < -0.4 is 10.6 Å². The lowest BCUT2D eigenvalue weighted by atomic mass is 10.4. The van der Waals surface area contributed by atoms with E-state index >= 15 is 0 Å². The fourth-order valence-corrected chi connectivity index (χ4v) is 1.54. The van der Waals surface area contributed by atoms with E-state index in [1.54, 1.807) is 7.11 Å². The quantitative estimate of drug-likeness (QED) is 0.678. The van der Waals surface area contributed by atoms with Gasteiger partial charge in [-0.05, 0) is 13.5 Å². The Bertz CT molecular complexity index is 391. The molecule has 7 heteroatoms. The number of nitrogens with zero attached hydrogens (tertiary/aromatic N) is 3. The zero-order valence-corrected chi connectivity index (χ0v) is 12.4. The van der Waals surface area contributed by atoms with Gasteiger partial charge < -0.3 is 20.3 Å². The van der Waals surface area contributed by atoms with E-state index < -0.39 is 5.82 Å². The highest BCUT2D eigenvalue weighted by atomic mass is 19.1. The van der Waals surface area contributed by atoms with Gasteiger partial charge in [0.2, 0.25) is 5.95 Å². The first-order valence-corrected chi connectivity index (χ1v) is 6.85. The van der Waals surface area contributed by atoms with Crippen molar-refractivity contribution in [1.82, 2.24) is 14.9 Å². The largest absolute Gasteiger partial charge is 0.383 e. The second kappa shape index (κ2) is 9.44. The summed E-state index contributed by atoms with van der Waals surface area (Å²) in [6.45, 7) is 5.74. The summed E-state index contributed by atoms with van der Waals surface area (Å²) in [6.07, 6.45) is 2.15. The van der Waals surface area contributed by atoms with Crippen LogP contribution in [0.3, 0.4) is 0 Å². The summed E-state index contributed by atoms with van der Waals surface area (Å²) in [6, 6.07) is 0. The van der Waals surface area contributed by atoms with Crippen molar-refractivity contribution < 1.29 is 9.13 Å². The smallest absolute Gasteiger partial charge is 0.224 e. The Morgan fingerprint density at radius 3 is 2.80 bits per heavy atom. The Morgan fingerprint density at radius 2 is 2.10 bits per heavy atom. The summed E-state index contributed by atoms with van der Waals surface area (Å²) in [7, 11) is 3.67. The number of ether oxygens (including phenoxy) is 1. The summed E-state index contributed by atoms with van der Waals surface area (Å²) < 4.78 is 18.6. The number of anilines is 2. The first-order chi connectivity index (χ1) is 9.67. The number of hydrogen-bond acceptors (Lipinski definition) is 6. The minimum Gasteiger partial charge on any atom is -0.383 e. The van der Waals surface area contributed by atoms with Crippen LogP contribution in [0.15, 0.2) is 6.20 Å². The summed E-state index contributed by atoms with van der Waals surface area (Å²) >= 11 is 0. The van der Waals surface area contributed by atoms with Gasteiger partial charge in [-0.15, -0.1) is 0 Å². The van der Waals surface area contributed by atoms with Crippen molar-refractivity contribution in [3.8, 4) is 0 Å². The van der Waals surface area contributed by atoms with E-state index in [2.05, 4.69) is 25.5 Å². The van der Waals surface area contributed by atoms with E-state index in [4.69, 9.17) is 4.74 Å². The molecule has 0 saturated heterocycles. The van der Waals surface area contributed by atoms with Gasteiger partial charge in [-0.2, -0.15) is 4.98 Å². The highest BCUT2D eigenvalue weighted by molar-refractivity contribution is 5.40. The molecule has 0 unspecified atom stereocenters. The van der Waals surface area contributed by atoms with Gasteiger partial charge in [0.1, 0.15) is 0 Å². The number of halogens is 1. The van der Waals surface area contributed by atoms with Gasteiger partial charge in [0.05, 0.1) is 12.8 Å². The Labute approximate surface area is 119 Å². The molecule has 0 amide bonds. The zero-order valence-electron chi connectivity index (χ0n) is 12.4. The normalized spacial score (nSPS) is 10.8. The molecule has 0 aliphatic carbocycles. The third kappa shape index (κ3) is 6.12. The Balaban J connectivity index is 2.42. The minimum absolute atomic E-state index is 0.235. The fraction of sp³-hybridized carbons (Fsp3) is 0.692. The second-order valence-electron chi connectivity index (χ2n) is 4.54. The predicted molar refractivity (Wildman–Crippen MR) is 78.6 cm³/mol. The van der Waals surface area contributed by atoms with E-state index in [1.165, 1.54) is 6.20 Å². The summed E-state index contributed by atoms with van der Waals surface area (Å²) in [5.41, 5.74) is 0. The van der Waals surface area contributed by atoms with Crippen LogP contribution in [0.5, 0.6) is 0 Å². The molecule has 0 bridgehead atoms. The monoisotopic (exact) mass is 285 g/mol.